The molecule has 2 aromatic rings. The largest absolute Gasteiger partial charge is 0.379 e. The van der Waals surface area contributed by atoms with E-state index in [2.05, 4.69) is 15.2 Å². The molecule has 1 aliphatic rings. The third kappa shape index (κ3) is 4.73. The van der Waals surface area contributed by atoms with Crippen LogP contribution >= 0.6 is 11.6 Å². The molecule has 1 unspecified atom stereocenters. The summed E-state index contributed by atoms with van der Waals surface area (Å²) < 4.78 is 29.4. The zero-order chi connectivity index (χ0) is 18.6. The van der Waals surface area contributed by atoms with Gasteiger partial charge in [-0.15, -0.1) is 0 Å². The predicted octanol–water partition coefficient (Wildman–Crippen LogP) is 2.62. The minimum absolute atomic E-state index is 0.0343. The maximum absolute atomic E-state index is 12.0. The average Bonchev–Trinajstić information content (AvgIpc) is 2.62. The van der Waals surface area contributed by atoms with Crippen LogP contribution in [0.3, 0.4) is 0 Å². The number of nitrogens with zero attached hydrogens (tertiary/aromatic N) is 2. The van der Waals surface area contributed by atoms with Gasteiger partial charge in [-0.3, -0.25) is 4.90 Å². The third-order valence-electron chi connectivity index (χ3n) is 4.35. The maximum Gasteiger partial charge on any atom is 0.179 e. The van der Waals surface area contributed by atoms with Gasteiger partial charge in [-0.05, 0) is 29.8 Å². The number of anilines is 1. The summed E-state index contributed by atoms with van der Waals surface area (Å²) in [6, 6.07) is 11.0. The number of hydrogen-bond acceptors (Lipinski definition) is 6. The van der Waals surface area contributed by atoms with Crippen LogP contribution in [0.4, 0.5) is 5.82 Å². The first-order valence-corrected chi connectivity index (χ1v) is 10.7. The fraction of sp³-hybridized carbons (Fsp3) is 0.389. The van der Waals surface area contributed by atoms with Gasteiger partial charge in [-0.1, -0.05) is 23.7 Å². The van der Waals surface area contributed by atoms with E-state index in [9.17, 15) is 8.42 Å². The molecule has 140 valence electrons. The molecule has 26 heavy (non-hydrogen) atoms. The number of pyridine rings is 1. The van der Waals surface area contributed by atoms with Gasteiger partial charge in [-0.2, -0.15) is 0 Å². The fourth-order valence-electron chi connectivity index (χ4n) is 3.08. The minimum atomic E-state index is -3.36. The van der Waals surface area contributed by atoms with Crippen molar-refractivity contribution in [3.05, 3.63) is 53.2 Å². The highest BCUT2D eigenvalue weighted by Crippen LogP contribution is 2.26. The number of aromatic nitrogens is 1. The number of sulfone groups is 1. The second-order valence-corrected chi connectivity index (χ2v) is 8.64. The molecule has 1 aromatic carbocycles. The molecular weight excluding hydrogens is 374 g/mol. The summed E-state index contributed by atoms with van der Waals surface area (Å²) in [5.41, 5.74) is 1.07. The van der Waals surface area contributed by atoms with E-state index in [1.165, 1.54) is 6.26 Å². The third-order valence-corrected chi connectivity index (χ3v) is 5.72. The highest BCUT2D eigenvalue weighted by atomic mass is 35.5. The molecule has 1 atom stereocenters. The molecule has 8 heteroatoms. The van der Waals surface area contributed by atoms with Crippen LogP contribution in [-0.2, 0) is 14.6 Å². The summed E-state index contributed by atoms with van der Waals surface area (Å²) >= 11 is 6.17. The van der Waals surface area contributed by atoms with Gasteiger partial charge in [0, 0.05) is 37.1 Å². The number of morpholine rings is 1. The lowest BCUT2D eigenvalue weighted by Gasteiger charge is -2.35. The SMILES string of the molecule is CS(=O)(=O)c1cccnc1NCC(c1cccc(Cl)c1)N1CCOCC1. The van der Waals surface area contributed by atoms with Gasteiger partial charge >= 0.3 is 0 Å². The van der Waals surface area contributed by atoms with Gasteiger partial charge in [-0.25, -0.2) is 13.4 Å². The van der Waals surface area contributed by atoms with E-state index in [0.29, 0.717) is 30.6 Å². The number of halogens is 1. The van der Waals surface area contributed by atoms with Crippen molar-refractivity contribution in [1.82, 2.24) is 9.88 Å². The van der Waals surface area contributed by atoms with Gasteiger partial charge < -0.3 is 10.1 Å². The van der Waals surface area contributed by atoms with Crippen LogP contribution in [0.1, 0.15) is 11.6 Å². The highest BCUT2D eigenvalue weighted by molar-refractivity contribution is 7.90. The van der Waals surface area contributed by atoms with Gasteiger partial charge in [0.15, 0.2) is 9.84 Å². The van der Waals surface area contributed by atoms with Crippen molar-refractivity contribution < 1.29 is 13.2 Å². The maximum atomic E-state index is 12.0. The van der Waals surface area contributed by atoms with Crippen molar-refractivity contribution in [2.45, 2.75) is 10.9 Å². The lowest BCUT2D eigenvalue weighted by molar-refractivity contribution is 0.0187. The molecule has 0 amide bonds. The molecule has 1 aliphatic heterocycles. The monoisotopic (exact) mass is 395 g/mol. The first-order chi connectivity index (χ1) is 12.4. The Morgan fingerprint density at radius 3 is 2.73 bits per heavy atom. The van der Waals surface area contributed by atoms with Crippen molar-refractivity contribution in [1.29, 1.82) is 0 Å². The molecule has 1 saturated heterocycles. The number of ether oxygens (including phenoxy) is 1. The number of benzene rings is 1. The summed E-state index contributed by atoms with van der Waals surface area (Å²) in [5.74, 6) is 0.371. The van der Waals surface area contributed by atoms with Crippen molar-refractivity contribution in [2.24, 2.45) is 0 Å². The van der Waals surface area contributed by atoms with E-state index in [0.717, 1.165) is 18.7 Å². The van der Waals surface area contributed by atoms with E-state index in [-0.39, 0.29) is 10.9 Å². The smallest absolute Gasteiger partial charge is 0.179 e. The first-order valence-electron chi connectivity index (χ1n) is 8.41. The quantitative estimate of drug-likeness (QED) is 0.810. The molecule has 6 nitrogen and oxygen atoms in total. The Bertz CT molecular complexity index is 854. The molecule has 0 spiro atoms. The lowest BCUT2D eigenvalue weighted by Crippen LogP contribution is -2.41. The summed E-state index contributed by atoms with van der Waals surface area (Å²) in [6.07, 6.45) is 2.77. The summed E-state index contributed by atoms with van der Waals surface area (Å²) in [5, 5.41) is 3.90. The minimum Gasteiger partial charge on any atom is -0.379 e. The Balaban J connectivity index is 1.85. The standard InChI is InChI=1S/C18H22ClN3O3S/c1-26(23,24)17-6-3-7-20-18(17)21-13-16(22-8-10-25-11-9-22)14-4-2-5-15(19)12-14/h2-7,12,16H,8-11,13H2,1H3,(H,20,21). The Hall–Kier alpha value is -1.67. The second-order valence-electron chi connectivity index (χ2n) is 6.22. The molecule has 1 N–H and O–H groups in total. The number of hydrogen-bond donors (Lipinski definition) is 1. The van der Waals surface area contributed by atoms with Gasteiger partial charge in [0.2, 0.25) is 0 Å². The number of rotatable bonds is 6. The van der Waals surface area contributed by atoms with Crippen molar-refractivity contribution in [3.63, 3.8) is 0 Å². The van der Waals surface area contributed by atoms with Crippen LogP contribution in [-0.4, -0.2) is 57.4 Å². The van der Waals surface area contributed by atoms with E-state index in [1.807, 2.05) is 24.3 Å². The Labute approximate surface area is 159 Å². The van der Waals surface area contributed by atoms with Crippen molar-refractivity contribution in [2.75, 3.05) is 44.4 Å². The van der Waals surface area contributed by atoms with Crippen LogP contribution in [0.5, 0.6) is 0 Å². The summed E-state index contributed by atoms with van der Waals surface area (Å²) in [7, 11) is -3.36. The highest BCUT2D eigenvalue weighted by Gasteiger charge is 2.24. The van der Waals surface area contributed by atoms with Crippen LogP contribution < -0.4 is 5.32 Å². The summed E-state index contributed by atoms with van der Waals surface area (Å²) in [6.45, 7) is 3.48. The van der Waals surface area contributed by atoms with Gasteiger partial charge in [0.25, 0.3) is 0 Å². The van der Waals surface area contributed by atoms with E-state index < -0.39 is 9.84 Å². The first kappa shape index (κ1) is 19.1. The Morgan fingerprint density at radius 2 is 2.04 bits per heavy atom. The number of nitrogens with one attached hydrogen (secondary N) is 1. The predicted molar refractivity (Wildman–Crippen MR) is 102 cm³/mol. The molecular formula is C18H22ClN3O3S. The zero-order valence-corrected chi connectivity index (χ0v) is 16.1. The molecule has 0 saturated carbocycles. The van der Waals surface area contributed by atoms with Crippen LogP contribution in [0.2, 0.25) is 5.02 Å². The van der Waals surface area contributed by atoms with Crippen molar-refractivity contribution in [3.8, 4) is 0 Å². The summed E-state index contributed by atoms with van der Waals surface area (Å²) in [4.78, 5) is 6.73. The van der Waals surface area contributed by atoms with Crippen LogP contribution in [0.25, 0.3) is 0 Å². The lowest BCUT2D eigenvalue weighted by atomic mass is 10.0. The fourth-order valence-corrected chi connectivity index (χ4v) is 4.08. The normalized spacial score (nSPS) is 17.0. The zero-order valence-electron chi connectivity index (χ0n) is 14.6. The van der Waals surface area contributed by atoms with E-state index in [4.69, 9.17) is 16.3 Å². The average molecular weight is 396 g/mol. The Kier molecular flexibility index (Phi) is 6.13. The van der Waals surface area contributed by atoms with Crippen LogP contribution in [0, 0.1) is 0 Å². The molecule has 3 rings (SSSR count). The van der Waals surface area contributed by atoms with Crippen LogP contribution in [0.15, 0.2) is 47.5 Å². The van der Waals surface area contributed by atoms with E-state index >= 15 is 0 Å². The molecule has 2 heterocycles. The molecule has 1 aromatic heterocycles. The molecule has 0 bridgehead atoms. The van der Waals surface area contributed by atoms with Gasteiger partial charge in [0.05, 0.1) is 19.3 Å². The topological polar surface area (TPSA) is 71.5 Å². The molecule has 0 radical (unpaired) electrons. The van der Waals surface area contributed by atoms with Crippen molar-refractivity contribution >= 4 is 27.3 Å². The van der Waals surface area contributed by atoms with E-state index in [1.54, 1.807) is 18.3 Å². The Morgan fingerprint density at radius 1 is 1.27 bits per heavy atom. The second kappa shape index (κ2) is 8.35. The molecule has 1 fully saturated rings. The van der Waals surface area contributed by atoms with Gasteiger partial charge in [0.1, 0.15) is 10.7 Å². The molecule has 0 aliphatic carbocycles.